The lowest BCUT2D eigenvalue weighted by atomic mass is 10.0. The fourth-order valence-corrected chi connectivity index (χ4v) is 6.38. The smallest absolute Gasteiger partial charge is 0.264 e. The number of carbonyl (C=O) groups is 4. The fraction of sp³-hybridized carbons (Fsp3) is 0.619. The van der Waals surface area contributed by atoms with Crippen LogP contribution in [0.15, 0.2) is 42.5 Å². The molecular weight excluding hydrogens is 722 g/mol. The predicted molar refractivity (Wildman–Crippen MR) is 210 cm³/mol. The summed E-state index contributed by atoms with van der Waals surface area (Å²) >= 11 is 0. The molecule has 0 aliphatic carbocycles. The van der Waals surface area contributed by atoms with Crippen molar-refractivity contribution >= 4 is 29.3 Å². The summed E-state index contributed by atoms with van der Waals surface area (Å²) in [6.07, 6.45) is 10.6. The molecule has 1 saturated heterocycles. The van der Waals surface area contributed by atoms with Crippen LogP contribution in [0, 0.1) is 0 Å². The molecule has 2 heterocycles. The number of aryl methyl sites for hydroxylation is 1. The van der Waals surface area contributed by atoms with Crippen molar-refractivity contribution in [2.75, 3.05) is 97.8 Å². The van der Waals surface area contributed by atoms with E-state index in [0.29, 0.717) is 98.1 Å². The first kappa shape index (κ1) is 44.8. The van der Waals surface area contributed by atoms with Gasteiger partial charge in [0.2, 0.25) is 11.8 Å². The first-order chi connectivity index (χ1) is 27.5. The zero-order valence-electron chi connectivity index (χ0n) is 33.0. The normalized spacial score (nSPS) is 15.4. The van der Waals surface area contributed by atoms with E-state index in [9.17, 15) is 19.2 Å². The van der Waals surface area contributed by atoms with E-state index in [1.807, 2.05) is 12.1 Å². The number of fused-ring (bicyclic) bond motifs is 1. The van der Waals surface area contributed by atoms with E-state index in [0.717, 1.165) is 17.1 Å². The largest absolute Gasteiger partial charge is 0.491 e. The molecule has 0 bridgehead atoms. The fourth-order valence-electron chi connectivity index (χ4n) is 6.38. The van der Waals surface area contributed by atoms with Crippen LogP contribution in [0.2, 0.25) is 0 Å². The minimum atomic E-state index is -1.01. The van der Waals surface area contributed by atoms with Crippen LogP contribution in [-0.2, 0) is 44.4 Å². The van der Waals surface area contributed by atoms with E-state index < -0.39 is 29.7 Å². The summed E-state index contributed by atoms with van der Waals surface area (Å²) in [5.41, 5.74) is 2.29. The number of amides is 4. The SMILES string of the molecule is CCCCCCCCCc1ccc(OCCOCCOCCOCCOCCOCCOCCNc2cccc3c2C(=O)N(C2CCC(=O)NC2=O)C3=O)cc1. The van der Waals surface area contributed by atoms with Crippen LogP contribution in [-0.4, -0.2) is 127 Å². The molecule has 2 aliphatic rings. The maximum atomic E-state index is 13.2. The van der Waals surface area contributed by atoms with Crippen molar-refractivity contribution < 1.29 is 52.3 Å². The van der Waals surface area contributed by atoms with E-state index in [2.05, 4.69) is 29.7 Å². The number of anilines is 1. The molecule has 56 heavy (non-hydrogen) atoms. The van der Waals surface area contributed by atoms with Gasteiger partial charge < -0.3 is 38.5 Å². The van der Waals surface area contributed by atoms with E-state index in [1.54, 1.807) is 18.2 Å². The average Bonchev–Trinajstić information content (AvgIpc) is 3.46. The number of piperidine rings is 1. The van der Waals surface area contributed by atoms with Crippen LogP contribution < -0.4 is 15.4 Å². The number of imide groups is 2. The molecule has 2 N–H and O–H groups in total. The molecule has 0 spiro atoms. The number of hydrogen-bond acceptors (Lipinski definition) is 12. The lowest BCUT2D eigenvalue weighted by molar-refractivity contribution is -0.136. The number of rotatable bonds is 32. The summed E-state index contributed by atoms with van der Waals surface area (Å²) in [6, 6.07) is 12.3. The highest BCUT2D eigenvalue weighted by Gasteiger charge is 2.45. The third-order valence-electron chi connectivity index (χ3n) is 9.38. The minimum absolute atomic E-state index is 0.0695. The molecule has 14 nitrogen and oxygen atoms in total. The van der Waals surface area contributed by atoms with Crippen molar-refractivity contribution in [3.8, 4) is 5.75 Å². The summed E-state index contributed by atoms with van der Waals surface area (Å²) in [5.74, 6) is -1.28. The average molecular weight is 784 g/mol. The zero-order valence-corrected chi connectivity index (χ0v) is 33.0. The summed E-state index contributed by atoms with van der Waals surface area (Å²) < 4.78 is 39.1. The van der Waals surface area contributed by atoms with Gasteiger partial charge in [-0.05, 0) is 49.1 Å². The van der Waals surface area contributed by atoms with Crippen LogP contribution >= 0.6 is 0 Å². The van der Waals surface area contributed by atoms with E-state index >= 15 is 0 Å². The van der Waals surface area contributed by atoms with Gasteiger partial charge in [0.15, 0.2) is 0 Å². The Morgan fingerprint density at radius 2 is 1.20 bits per heavy atom. The summed E-state index contributed by atoms with van der Waals surface area (Å²) in [4.78, 5) is 50.9. The molecule has 2 aromatic carbocycles. The molecule has 2 aliphatic heterocycles. The van der Waals surface area contributed by atoms with Crippen molar-refractivity contribution in [1.82, 2.24) is 10.2 Å². The van der Waals surface area contributed by atoms with Gasteiger partial charge in [0.1, 0.15) is 18.4 Å². The molecule has 1 fully saturated rings. The van der Waals surface area contributed by atoms with Crippen molar-refractivity contribution in [3.63, 3.8) is 0 Å². The zero-order chi connectivity index (χ0) is 39.6. The molecule has 0 saturated carbocycles. The van der Waals surface area contributed by atoms with Crippen molar-refractivity contribution in [2.45, 2.75) is 77.2 Å². The molecule has 4 amide bonds. The number of hydrogen-bond donors (Lipinski definition) is 2. The van der Waals surface area contributed by atoms with E-state index in [4.69, 9.17) is 33.2 Å². The third-order valence-corrected chi connectivity index (χ3v) is 9.38. The quantitative estimate of drug-likeness (QED) is 0.0759. The molecular formula is C42H61N3O11. The lowest BCUT2D eigenvalue weighted by Gasteiger charge is -2.27. The second-order valence-electron chi connectivity index (χ2n) is 13.6. The maximum absolute atomic E-state index is 13.2. The standard InChI is InChI=1S/C42H61N3O11/c1-2-3-4-5-6-7-8-10-33-13-15-34(16-14-33)56-32-31-55-30-29-54-28-27-53-26-25-52-24-23-51-22-21-50-20-19-43-36-12-9-11-35-39(36)42(49)45(41(35)48)37-17-18-38(46)44-40(37)47/h9,11-16,37,43H,2-8,10,17-32H2,1H3,(H,44,46,47). The summed E-state index contributed by atoms with van der Waals surface area (Å²) in [7, 11) is 0. The minimum Gasteiger partial charge on any atom is -0.491 e. The Hall–Kier alpha value is -3.92. The number of carbonyl (C=O) groups excluding carboxylic acids is 4. The van der Waals surface area contributed by atoms with Gasteiger partial charge >= 0.3 is 0 Å². The number of nitrogens with one attached hydrogen (secondary N) is 2. The van der Waals surface area contributed by atoms with Crippen LogP contribution in [0.5, 0.6) is 5.75 Å². The van der Waals surface area contributed by atoms with E-state index in [1.165, 1.54) is 50.5 Å². The van der Waals surface area contributed by atoms with Crippen molar-refractivity contribution in [1.29, 1.82) is 0 Å². The van der Waals surface area contributed by atoms with Gasteiger partial charge in [-0.1, -0.05) is 63.6 Å². The van der Waals surface area contributed by atoms with Gasteiger partial charge in [-0.2, -0.15) is 0 Å². The molecule has 310 valence electrons. The van der Waals surface area contributed by atoms with Gasteiger partial charge in [-0.25, -0.2) is 0 Å². The number of nitrogens with zero attached hydrogens (tertiary/aromatic N) is 1. The molecule has 1 atom stereocenters. The Bertz CT molecular complexity index is 1470. The molecule has 0 radical (unpaired) electrons. The Labute approximate surface area is 331 Å². The highest BCUT2D eigenvalue weighted by atomic mass is 16.6. The second kappa shape index (κ2) is 26.8. The molecule has 14 heteroatoms. The molecule has 2 aromatic rings. The molecule has 1 unspecified atom stereocenters. The first-order valence-electron chi connectivity index (χ1n) is 20.3. The number of unbranched alkanes of at least 4 members (excludes halogenated alkanes) is 6. The second-order valence-corrected chi connectivity index (χ2v) is 13.6. The molecule has 0 aromatic heterocycles. The van der Waals surface area contributed by atoms with Crippen LogP contribution in [0.25, 0.3) is 0 Å². The Morgan fingerprint density at radius 1 is 0.643 bits per heavy atom. The van der Waals surface area contributed by atoms with Crippen molar-refractivity contribution in [2.24, 2.45) is 0 Å². The maximum Gasteiger partial charge on any atom is 0.264 e. The Morgan fingerprint density at radius 3 is 1.79 bits per heavy atom. The highest BCUT2D eigenvalue weighted by Crippen LogP contribution is 2.32. The van der Waals surface area contributed by atoms with Crippen LogP contribution in [0.4, 0.5) is 5.69 Å². The lowest BCUT2D eigenvalue weighted by Crippen LogP contribution is -2.54. The highest BCUT2D eigenvalue weighted by molar-refractivity contribution is 6.25. The van der Waals surface area contributed by atoms with Gasteiger partial charge in [0.05, 0.1) is 90.4 Å². The van der Waals surface area contributed by atoms with Crippen LogP contribution in [0.3, 0.4) is 0 Å². The number of ether oxygens (including phenoxy) is 7. The van der Waals surface area contributed by atoms with Gasteiger partial charge in [0.25, 0.3) is 11.8 Å². The number of benzene rings is 2. The third kappa shape index (κ3) is 15.9. The summed E-state index contributed by atoms with van der Waals surface area (Å²) in [5, 5.41) is 5.34. The van der Waals surface area contributed by atoms with Crippen LogP contribution in [0.1, 0.15) is 91.0 Å². The van der Waals surface area contributed by atoms with Gasteiger partial charge in [-0.3, -0.25) is 29.4 Å². The topological polar surface area (TPSA) is 160 Å². The van der Waals surface area contributed by atoms with Crippen molar-refractivity contribution in [3.05, 3.63) is 59.2 Å². The predicted octanol–water partition coefficient (Wildman–Crippen LogP) is 4.97. The Balaban J connectivity index is 0.879. The van der Waals surface area contributed by atoms with Gasteiger partial charge in [0, 0.05) is 18.7 Å². The molecule has 4 rings (SSSR count). The van der Waals surface area contributed by atoms with E-state index in [-0.39, 0.29) is 24.0 Å². The van der Waals surface area contributed by atoms with Gasteiger partial charge in [-0.15, -0.1) is 0 Å². The summed E-state index contributed by atoms with van der Waals surface area (Å²) in [6.45, 7) is 8.53. The Kier molecular flexibility index (Phi) is 21.5. The first-order valence-corrected chi connectivity index (χ1v) is 20.3. The monoisotopic (exact) mass is 783 g/mol.